The first-order valence-corrected chi connectivity index (χ1v) is 2.34. The van der Waals surface area contributed by atoms with Crippen LogP contribution in [0.4, 0.5) is 0 Å². The van der Waals surface area contributed by atoms with E-state index in [1.807, 2.05) is 0 Å². The van der Waals surface area contributed by atoms with Crippen molar-refractivity contribution in [2.24, 2.45) is 5.92 Å². The van der Waals surface area contributed by atoms with Gasteiger partial charge in [0.25, 0.3) is 0 Å². The Balaban J connectivity index is 2.10. The van der Waals surface area contributed by atoms with Gasteiger partial charge in [0.15, 0.2) is 0 Å². The Kier molecular flexibility index (Phi) is 0.264. The van der Waals surface area contributed by atoms with Crippen LogP contribution in [0.3, 0.4) is 0 Å². The lowest BCUT2D eigenvalue weighted by molar-refractivity contribution is 1.16. The lowest BCUT2D eigenvalue weighted by atomic mass is 10.3. The minimum Gasteiger partial charge on any atom is -0.0800 e. The van der Waals surface area contributed by atoms with E-state index in [9.17, 15) is 0 Å². The molecule has 0 bridgehead atoms. The molecule has 0 atom stereocenters. The molecule has 0 heteroatoms. The molecule has 0 unspecified atom stereocenters. The Bertz CT molecular complexity index is 123. The minimum atomic E-state index is 0.824. The van der Waals surface area contributed by atoms with E-state index in [1.54, 1.807) is 5.57 Å². The summed E-state index contributed by atoms with van der Waals surface area (Å²) in [5, 5.41) is 0. The molecule has 0 nitrogen and oxygen atoms in total. The van der Waals surface area contributed by atoms with Crippen LogP contribution in [0.5, 0.6) is 0 Å². The van der Waals surface area contributed by atoms with Crippen LogP contribution in [-0.4, -0.2) is 0 Å². The van der Waals surface area contributed by atoms with E-state index in [2.05, 4.69) is 18.2 Å². The quantitative estimate of drug-likeness (QED) is 0.417. The lowest BCUT2D eigenvalue weighted by Crippen LogP contribution is -1.63. The van der Waals surface area contributed by atoms with Gasteiger partial charge in [-0.3, -0.25) is 0 Å². The van der Waals surface area contributed by atoms with Crippen molar-refractivity contribution in [1.82, 2.24) is 0 Å². The summed E-state index contributed by atoms with van der Waals surface area (Å²) in [5.41, 5.74) is 1.63. The molecule has 0 fully saturated rings. The van der Waals surface area contributed by atoms with Gasteiger partial charge in [0.2, 0.25) is 0 Å². The number of hydrogen-bond acceptors (Lipinski definition) is 0. The summed E-state index contributed by atoms with van der Waals surface area (Å²) in [5.74, 6) is 0.824. The largest absolute Gasteiger partial charge is 0.0800 e. The molecule has 2 rings (SSSR count). The lowest BCUT2D eigenvalue weighted by Gasteiger charge is -1.74. The van der Waals surface area contributed by atoms with Gasteiger partial charge in [0, 0.05) is 5.92 Å². The molecule has 0 aliphatic heterocycles. The van der Waals surface area contributed by atoms with Crippen molar-refractivity contribution in [3.63, 3.8) is 0 Å². The maximum absolute atomic E-state index is 2.28. The van der Waals surface area contributed by atoms with E-state index in [1.165, 1.54) is 6.42 Å². The molecule has 0 aromatic carbocycles. The normalized spacial score (nSPS) is 27.0. The van der Waals surface area contributed by atoms with Crippen LogP contribution in [0.1, 0.15) is 6.42 Å². The van der Waals surface area contributed by atoms with E-state index in [4.69, 9.17) is 0 Å². The molecule has 0 aromatic heterocycles. The summed E-state index contributed by atoms with van der Waals surface area (Å²) in [6.45, 7) is 0. The van der Waals surface area contributed by atoms with E-state index >= 15 is 0 Å². The molecule has 0 N–H and O–H groups in total. The van der Waals surface area contributed by atoms with Crippen LogP contribution in [-0.2, 0) is 0 Å². The molecule has 2 aliphatic carbocycles. The van der Waals surface area contributed by atoms with Gasteiger partial charge in [0.05, 0.1) is 0 Å². The zero-order valence-corrected chi connectivity index (χ0v) is 3.52. The highest BCUT2D eigenvalue weighted by atomic mass is 14.3. The molecule has 30 valence electrons. The molecule has 0 radical (unpaired) electrons. The van der Waals surface area contributed by atoms with Crippen molar-refractivity contribution >= 4 is 0 Å². The zero-order valence-electron chi connectivity index (χ0n) is 3.52. The van der Waals surface area contributed by atoms with Gasteiger partial charge in [-0.15, -0.1) is 0 Å². The SMILES string of the molecule is C1=CC1C1=CC1. The topological polar surface area (TPSA) is 0 Å². The molecule has 0 amide bonds. The molecule has 0 aromatic rings. The fraction of sp³-hybridized carbons (Fsp3) is 0.333. The second kappa shape index (κ2) is 0.604. The number of hydrogen-bond donors (Lipinski definition) is 0. The van der Waals surface area contributed by atoms with Crippen LogP contribution in [0.2, 0.25) is 0 Å². The highest BCUT2D eigenvalue weighted by Gasteiger charge is 2.21. The molecule has 2 aliphatic rings. The first-order valence-electron chi connectivity index (χ1n) is 2.34. The maximum atomic E-state index is 2.28. The van der Waals surface area contributed by atoms with E-state index in [-0.39, 0.29) is 0 Å². The average Bonchev–Trinajstić information content (AvgIpc) is 2.26. The second-order valence-corrected chi connectivity index (χ2v) is 1.89. The Labute approximate surface area is 37.2 Å². The van der Waals surface area contributed by atoms with Crippen molar-refractivity contribution in [3.05, 3.63) is 23.8 Å². The Hall–Kier alpha value is -0.520. The van der Waals surface area contributed by atoms with Gasteiger partial charge < -0.3 is 0 Å². The van der Waals surface area contributed by atoms with Crippen molar-refractivity contribution in [3.8, 4) is 0 Å². The summed E-state index contributed by atoms with van der Waals surface area (Å²) < 4.78 is 0. The third-order valence-electron chi connectivity index (χ3n) is 1.25. The van der Waals surface area contributed by atoms with Crippen molar-refractivity contribution < 1.29 is 0 Å². The summed E-state index contributed by atoms with van der Waals surface area (Å²) in [7, 11) is 0. The Morgan fingerprint density at radius 3 is 2.33 bits per heavy atom. The van der Waals surface area contributed by atoms with Gasteiger partial charge in [-0.25, -0.2) is 0 Å². The van der Waals surface area contributed by atoms with E-state index < -0.39 is 0 Å². The minimum absolute atomic E-state index is 0.824. The number of rotatable bonds is 1. The fourth-order valence-corrected chi connectivity index (χ4v) is 0.634. The summed E-state index contributed by atoms with van der Waals surface area (Å²) in [4.78, 5) is 0. The molecule has 0 spiro atoms. The van der Waals surface area contributed by atoms with Crippen LogP contribution < -0.4 is 0 Å². The highest BCUT2D eigenvalue weighted by molar-refractivity contribution is 5.39. The van der Waals surface area contributed by atoms with Crippen LogP contribution in [0.25, 0.3) is 0 Å². The maximum Gasteiger partial charge on any atom is 0.0161 e. The van der Waals surface area contributed by atoms with E-state index in [0.717, 1.165) is 5.92 Å². The van der Waals surface area contributed by atoms with Crippen LogP contribution >= 0.6 is 0 Å². The van der Waals surface area contributed by atoms with Gasteiger partial charge in [-0.2, -0.15) is 0 Å². The number of allylic oxidation sites excluding steroid dienone is 4. The molecule has 6 heavy (non-hydrogen) atoms. The fourth-order valence-electron chi connectivity index (χ4n) is 0.634. The Morgan fingerprint density at radius 1 is 1.50 bits per heavy atom. The molecular weight excluding hydrogens is 72.1 g/mol. The molecule has 0 saturated heterocycles. The first kappa shape index (κ1) is 2.62. The zero-order chi connectivity index (χ0) is 3.98. The standard InChI is InChI=1S/C6H6/c1-2-5(1)6-3-4-6/h1-3,5H,4H2. The van der Waals surface area contributed by atoms with Gasteiger partial charge in [-0.1, -0.05) is 23.8 Å². The average molecular weight is 78.1 g/mol. The molecular formula is C6H6. The third-order valence-corrected chi connectivity index (χ3v) is 1.25. The summed E-state index contributed by atoms with van der Waals surface area (Å²) in [6.07, 6.45) is 8.04. The molecule has 0 saturated carbocycles. The van der Waals surface area contributed by atoms with Gasteiger partial charge in [0.1, 0.15) is 0 Å². The first-order chi connectivity index (χ1) is 2.97. The Morgan fingerprint density at radius 2 is 2.17 bits per heavy atom. The second-order valence-electron chi connectivity index (χ2n) is 1.89. The van der Waals surface area contributed by atoms with Crippen LogP contribution in [0.15, 0.2) is 23.8 Å². The summed E-state index contributed by atoms with van der Waals surface area (Å²) in [6, 6.07) is 0. The van der Waals surface area contributed by atoms with E-state index in [0.29, 0.717) is 0 Å². The van der Waals surface area contributed by atoms with Crippen molar-refractivity contribution in [2.45, 2.75) is 6.42 Å². The summed E-state index contributed by atoms with van der Waals surface area (Å²) >= 11 is 0. The molecule has 0 heterocycles. The monoisotopic (exact) mass is 78.0 g/mol. The predicted molar refractivity (Wildman–Crippen MR) is 25.3 cm³/mol. The van der Waals surface area contributed by atoms with Crippen LogP contribution in [0, 0.1) is 5.92 Å². The smallest absolute Gasteiger partial charge is 0.0161 e. The predicted octanol–water partition coefficient (Wildman–Crippen LogP) is 1.50. The van der Waals surface area contributed by atoms with Gasteiger partial charge in [-0.05, 0) is 6.42 Å². The highest BCUT2D eigenvalue weighted by Crippen LogP contribution is 2.36. The van der Waals surface area contributed by atoms with Gasteiger partial charge >= 0.3 is 0 Å². The third kappa shape index (κ3) is 0.238. The van der Waals surface area contributed by atoms with Crippen molar-refractivity contribution in [2.75, 3.05) is 0 Å². The van der Waals surface area contributed by atoms with Crippen molar-refractivity contribution in [1.29, 1.82) is 0 Å².